The molecule has 0 aromatic carbocycles. The summed E-state index contributed by atoms with van der Waals surface area (Å²) in [6, 6.07) is 3.45. The zero-order valence-electron chi connectivity index (χ0n) is 8.41. The summed E-state index contributed by atoms with van der Waals surface area (Å²) < 4.78 is 1.72. The minimum absolute atomic E-state index is 0.151. The van der Waals surface area contributed by atoms with E-state index in [1.54, 1.807) is 36.7 Å². The molecule has 0 aliphatic heterocycles. The van der Waals surface area contributed by atoms with Crippen molar-refractivity contribution in [3.05, 3.63) is 34.7 Å². The van der Waals surface area contributed by atoms with Gasteiger partial charge in [0.1, 0.15) is 11.3 Å². The average molecular weight is 224 g/mol. The molecule has 0 radical (unpaired) electrons. The monoisotopic (exact) mass is 223 g/mol. The predicted octanol–water partition coefficient (Wildman–Crippen LogP) is 1.66. The van der Waals surface area contributed by atoms with Crippen LogP contribution in [-0.4, -0.2) is 22.3 Å². The molecule has 0 saturated carbocycles. The maximum Gasteiger partial charge on any atom is 0.269 e. The number of nitrogens with one attached hydrogen (secondary N) is 1. The highest BCUT2D eigenvalue weighted by Crippen LogP contribution is 2.16. The summed E-state index contributed by atoms with van der Waals surface area (Å²) in [5.74, 6) is -0.151. The van der Waals surface area contributed by atoms with Crippen LogP contribution in [0.25, 0.3) is 5.65 Å². The molecule has 0 spiro atoms. The van der Waals surface area contributed by atoms with Gasteiger partial charge in [0.15, 0.2) is 0 Å². The Morgan fingerprint density at radius 1 is 1.60 bits per heavy atom. The van der Waals surface area contributed by atoms with Crippen LogP contribution in [0.15, 0.2) is 18.3 Å². The van der Waals surface area contributed by atoms with E-state index in [0.29, 0.717) is 22.1 Å². The van der Waals surface area contributed by atoms with Crippen LogP contribution in [-0.2, 0) is 0 Å². The highest BCUT2D eigenvalue weighted by atomic mass is 35.5. The Bertz CT molecular complexity index is 533. The Balaban J connectivity index is 2.73. The number of hydrogen-bond donors (Lipinski definition) is 1. The lowest BCUT2D eigenvalue weighted by Crippen LogP contribution is -2.20. The van der Waals surface area contributed by atoms with E-state index < -0.39 is 0 Å². The van der Waals surface area contributed by atoms with Crippen LogP contribution in [0, 0.1) is 6.92 Å². The van der Waals surface area contributed by atoms with E-state index in [2.05, 4.69) is 10.3 Å². The Kier molecular flexibility index (Phi) is 2.36. The first-order valence-corrected chi connectivity index (χ1v) is 4.87. The summed E-state index contributed by atoms with van der Waals surface area (Å²) in [7, 11) is 1.59. The van der Waals surface area contributed by atoms with Gasteiger partial charge in [-0.1, -0.05) is 11.6 Å². The van der Waals surface area contributed by atoms with E-state index in [1.807, 2.05) is 0 Å². The summed E-state index contributed by atoms with van der Waals surface area (Å²) in [4.78, 5) is 15.9. The minimum atomic E-state index is -0.151. The molecule has 2 heterocycles. The first kappa shape index (κ1) is 9.98. The Hall–Kier alpha value is -1.55. The molecule has 1 N–H and O–H groups in total. The van der Waals surface area contributed by atoms with E-state index in [4.69, 9.17) is 11.6 Å². The molecule has 0 unspecified atom stereocenters. The second-order valence-electron chi connectivity index (χ2n) is 3.20. The molecular formula is C10H10ClN3O. The number of hydrogen-bond acceptors (Lipinski definition) is 2. The number of carbonyl (C=O) groups excluding carboxylic acids is 1. The summed E-state index contributed by atoms with van der Waals surface area (Å²) in [6.45, 7) is 1.80. The smallest absolute Gasteiger partial charge is 0.269 e. The van der Waals surface area contributed by atoms with Crippen molar-refractivity contribution in [3.63, 3.8) is 0 Å². The van der Waals surface area contributed by atoms with Crippen LogP contribution < -0.4 is 5.32 Å². The number of rotatable bonds is 1. The second kappa shape index (κ2) is 3.55. The van der Waals surface area contributed by atoms with Crippen molar-refractivity contribution in [3.8, 4) is 0 Å². The van der Waals surface area contributed by atoms with E-state index in [-0.39, 0.29) is 5.91 Å². The lowest BCUT2D eigenvalue weighted by molar-refractivity contribution is 0.0956. The molecule has 78 valence electrons. The highest BCUT2D eigenvalue weighted by molar-refractivity contribution is 6.30. The van der Waals surface area contributed by atoms with Gasteiger partial charge < -0.3 is 5.32 Å². The van der Waals surface area contributed by atoms with Crippen molar-refractivity contribution < 1.29 is 4.79 Å². The fourth-order valence-electron chi connectivity index (χ4n) is 1.53. The minimum Gasteiger partial charge on any atom is -0.354 e. The topological polar surface area (TPSA) is 46.4 Å². The first-order valence-electron chi connectivity index (χ1n) is 4.50. The molecule has 0 atom stereocenters. The van der Waals surface area contributed by atoms with Crippen LogP contribution >= 0.6 is 11.6 Å². The normalized spacial score (nSPS) is 10.6. The number of aryl methyl sites for hydroxylation is 1. The zero-order chi connectivity index (χ0) is 11.0. The van der Waals surface area contributed by atoms with Crippen LogP contribution in [0.1, 0.15) is 16.2 Å². The number of aromatic nitrogens is 2. The summed E-state index contributed by atoms with van der Waals surface area (Å²) >= 11 is 5.84. The van der Waals surface area contributed by atoms with Crippen LogP contribution in [0.5, 0.6) is 0 Å². The first-order chi connectivity index (χ1) is 7.13. The molecule has 4 nitrogen and oxygen atoms in total. The van der Waals surface area contributed by atoms with Gasteiger partial charge >= 0.3 is 0 Å². The third-order valence-corrected chi connectivity index (χ3v) is 2.44. The molecule has 2 rings (SSSR count). The summed E-state index contributed by atoms with van der Waals surface area (Å²) in [5, 5.41) is 3.19. The van der Waals surface area contributed by atoms with Gasteiger partial charge in [-0.05, 0) is 13.0 Å². The molecule has 15 heavy (non-hydrogen) atoms. The van der Waals surface area contributed by atoms with Crippen molar-refractivity contribution >= 4 is 23.2 Å². The average Bonchev–Trinajstić information content (AvgIpc) is 2.52. The molecular weight excluding hydrogens is 214 g/mol. The van der Waals surface area contributed by atoms with Gasteiger partial charge in [0.25, 0.3) is 5.91 Å². The van der Waals surface area contributed by atoms with Crippen molar-refractivity contribution in [1.82, 2.24) is 14.7 Å². The van der Waals surface area contributed by atoms with Crippen LogP contribution in [0.2, 0.25) is 5.02 Å². The van der Waals surface area contributed by atoms with Gasteiger partial charge in [-0.15, -0.1) is 0 Å². The van der Waals surface area contributed by atoms with Gasteiger partial charge in [0.2, 0.25) is 0 Å². The highest BCUT2D eigenvalue weighted by Gasteiger charge is 2.14. The fraction of sp³-hybridized carbons (Fsp3) is 0.200. The zero-order valence-corrected chi connectivity index (χ0v) is 9.17. The molecule has 0 bridgehead atoms. The van der Waals surface area contributed by atoms with Gasteiger partial charge in [-0.25, -0.2) is 4.98 Å². The Morgan fingerprint density at radius 3 is 3.00 bits per heavy atom. The number of pyridine rings is 1. The second-order valence-corrected chi connectivity index (χ2v) is 3.63. The molecule has 0 aliphatic rings. The van der Waals surface area contributed by atoms with Crippen molar-refractivity contribution in [2.75, 3.05) is 7.05 Å². The van der Waals surface area contributed by atoms with E-state index in [1.165, 1.54) is 0 Å². The standard InChI is InChI=1S/C10H10ClN3O/c1-6-9(10(15)12-2)14-4-3-7(11)5-8(14)13-6/h3-5H,1-2H3,(H,12,15). The SMILES string of the molecule is CNC(=O)c1c(C)nc2cc(Cl)ccn12. The molecule has 1 amide bonds. The third kappa shape index (κ3) is 1.57. The number of halogens is 1. The van der Waals surface area contributed by atoms with E-state index in [9.17, 15) is 4.79 Å². The maximum atomic E-state index is 11.6. The fourth-order valence-corrected chi connectivity index (χ4v) is 1.68. The lowest BCUT2D eigenvalue weighted by atomic mass is 10.3. The quantitative estimate of drug-likeness (QED) is 0.799. The van der Waals surface area contributed by atoms with Gasteiger partial charge in [0.05, 0.1) is 5.69 Å². The molecule has 2 aromatic rings. The van der Waals surface area contributed by atoms with Gasteiger partial charge in [0, 0.05) is 24.3 Å². The largest absolute Gasteiger partial charge is 0.354 e. The Morgan fingerprint density at radius 2 is 2.33 bits per heavy atom. The summed E-state index contributed by atoms with van der Waals surface area (Å²) in [6.07, 6.45) is 1.74. The van der Waals surface area contributed by atoms with Crippen molar-refractivity contribution in [1.29, 1.82) is 0 Å². The maximum absolute atomic E-state index is 11.6. The number of nitrogens with zero attached hydrogens (tertiary/aromatic N) is 2. The van der Waals surface area contributed by atoms with E-state index >= 15 is 0 Å². The van der Waals surface area contributed by atoms with Crippen LogP contribution in [0.3, 0.4) is 0 Å². The van der Waals surface area contributed by atoms with Crippen LogP contribution in [0.4, 0.5) is 0 Å². The molecule has 0 aliphatic carbocycles. The molecule has 0 saturated heterocycles. The predicted molar refractivity (Wildman–Crippen MR) is 58.3 cm³/mol. The number of amides is 1. The summed E-state index contributed by atoms with van der Waals surface area (Å²) in [5.41, 5.74) is 1.92. The molecule has 2 aromatic heterocycles. The van der Waals surface area contributed by atoms with Gasteiger partial charge in [-0.3, -0.25) is 9.20 Å². The number of carbonyl (C=O) groups is 1. The molecule has 0 fully saturated rings. The number of imidazole rings is 1. The Labute approximate surface area is 91.9 Å². The third-order valence-electron chi connectivity index (χ3n) is 2.20. The van der Waals surface area contributed by atoms with Crippen molar-refractivity contribution in [2.45, 2.75) is 6.92 Å². The van der Waals surface area contributed by atoms with E-state index in [0.717, 1.165) is 0 Å². The lowest BCUT2D eigenvalue weighted by Gasteiger charge is -2.00. The van der Waals surface area contributed by atoms with Crippen molar-refractivity contribution in [2.24, 2.45) is 0 Å². The number of fused-ring (bicyclic) bond motifs is 1. The molecule has 5 heteroatoms. The van der Waals surface area contributed by atoms with Gasteiger partial charge in [-0.2, -0.15) is 0 Å².